The van der Waals surface area contributed by atoms with Crippen LogP contribution in [0.5, 0.6) is 5.75 Å². The molecule has 4 atom stereocenters. The number of benzene rings is 2. The van der Waals surface area contributed by atoms with Crippen LogP contribution in [-0.2, 0) is 16.0 Å². The van der Waals surface area contributed by atoms with Crippen LogP contribution in [0.4, 0.5) is 0 Å². The molecule has 0 aliphatic carbocycles. The van der Waals surface area contributed by atoms with E-state index in [9.17, 15) is 9.90 Å². The van der Waals surface area contributed by atoms with Gasteiger partial charge < -0.3 is 14.6 Å². The lowest BCUT2D eigenvalue weighted by molar-refractivity contribution is -0.187. The summed E-state index contributed by atoms with van der Waals surface area (Å²) in [6.07, 6.45) is 0.0517. The van der Waals surface area contributed by atoms with E-state index in [0.29, 0.717) is 22.9 Å². The number of hydrogen-bond donors (Lipinski definition) is 1. The Bertz CT molecular complexity index is 891. The second-order valence-electron chi connectivity index (χ2n) is 8.03. The van der Waals surface area contributed by atoms with E-state index in [1.807, 2.05) is 38.1 Å². The van der Waals surface area contributed by atoms with E-state index in [-0.39, 0.29) is 12.0 Å². The highest BCUT2D eigenvalue weighted by Crippen LogP contribution is 2.52. The molecule has 0 spiro atoms. The minimum absolute atomic E-state index is 0.0681. The predicted octanol–water partition coefficient (Wildman–Crippen LogP) is 5.55. The number of carbonyl (C=O) groups is 1. The normalized spacial score (nSPS) is 28.0. The molecule has 4 nitrogen and oxygen atoms in total. The predicted molar refractivity (Wildman–Crippen MR) is 108 cm³/mol. The van der Waals surface area contributed by atoms with Crippen molar-refractivity contribution in [3.8, 4) is 5.75 Å². The van der Waals surface area contributed by atoms with Crippen LogP contribution in [-0.4, -0.2) is 22.8 Å². The Kier molecular flexibility index (Phi) is 5.07. The minimum atomic E-state index is -0.874. The number of para-hydroxylation sites is 1. The van der Waals surface area contributed by atoms with Gasteiger partial charge in [-0.1, -0.05) is 47.5 Å². The molecule has 0 bridgehead atoms. The van der Waals surface area contributed by atoms with E-state index < -0.39 is 23.6 Å². The van der Waals surface area contributed by atoms with Crippen LogP contribution in [0.3, 0.4) is 0 Å². The highest BCUT2D eigenvalue weighted by molar-refractivity contribution is 6.36. The molecule has 6 heteroatoms. The Hall–Kier alpha value is -1.75. The summed E-state index contributed by atoms with van der Waals surface area (Å²) in [5.74, 6) is -0.818. The average Bonchev–Trinajstić information content (AvgIpc) is 2.64. The van der Waals surface area contributed by atoms with Gasteiger partial charge in [0.15, 0.2) is 0 Å². The first-order valence-corrected chi connectivity index (χ1v) is 10.1. The van der Waals surface area contributed by atoms with Crippen molar-refractivity contribution < 1.29 is 19.4 Å². The zero-order chi connectivity index (χ0) is 20.1. The molecule has 4 rings (SSSR count). The molecule has 0 radical (unpaired) electrons. The highest BCUT2D eigenvalue weighted by atomic mass is 35.5. The number of fused-ring (bicyclic) bond motifs is 3. The summed E-state index contributed by atoms with van der Waals surface area (Å²) >= 11 is 12.7. The van der Waals surface area contributed by atoms with Gasteiger partial charge in [0.05, 0.1) is 18.1 Å². The van der Waals surface area contributed by atoms with Crippen molar-refractivity contribution in [1.82, 2.24) is 0 Å². The number of carboxylic acid groups (broad SMARTS) is 1. The highest BCUT2D eigenvalue weighted by Gasteiger charge is 2.52. The van der Waals surface area contributed by atoms with Gasteiger partial charge in [-0.05, 0) is 44.0 Å². The van der Waals surface area contributed by atoms with Gasteiger partial charge in [0.1, 0.15) is 11.4 Å². The molecule has 148 valence electrons. The van der Waals surface area contributed by atoms with Crippen LogP contribution in [0.25, 0.3) is 0 Å². The molecule has 2 aliphatic heterocycles. The van der Waals surface area contributed by atoms with Gasteiger partial charge >= 0.3 is 5.97 Å². The van der Waals surface area contributed by atoms with Crippen molar-refractivity contribution in [3.05, 3.63) is 63.6 Å². The van der Waals surface area contributed by atoms with Crippen molar-refractivity contribution in [1.29, 1.82) is 0 Å². The number of ether oxygens (including phenoxy) is 2. The average molecular weight is 421 g/mol. The van der Waals surface area contributed by atoms with Crippen LogP contribution in [0.15, 0.2) is 42.5 Å². The molecule has 2 aromatic carbocycles. The summed E-state index contributed by atoms with van der Waals surface area (Å²) in [7, 11) is 0. The summed E-state index contributed by atoms with van der Waals surface area (Å²) < 4.78 is 12.7. The van der Waals surface area contributed by atoms with Gasteiger partial charge in [0.25, 0.3) is 0 Å². The molecule has 0 unspecified atom stereocenters. The minimum Gasteiger partial charge on any atom is -0.487 e. The van der Waals surface area contributed by atoms with Gasteiger partial charge in [-0.2, -0.15) is 0 Å². The molecule has 1 fully saturated rings. The first kappa shape index (κ1) is 19.6. The largest absolute Gasteiger partial charge is 0.487 e. The fraction of sp³-hybridized carbons (Fsp3) is 0.409. The van der Waals surface area contributed by atoms with E-state index in [1.165, 1.54) is 0 Å². The summed E-state index contributed by atoms with van der Waals surface area (Å²) in [4.78, 5) is 12.1. The third kappa shape index (κ3) is 3.38. The van der Waals surface area contributed by atoms with E-state index in [1.54, 1.807) is 18.2 Å². The lowest BCUT2D eigenvalue weighted by Gasteiger charge is -2.50. The zero-order valence-electron chi connectivity index (χ0n) is 15.7. The van der Waals surface area contributed by atoms with Crippen molar-refractivity contribution in [2.45, 2.75) is 44.5 Å². The SMILES string of the molecule is CC1(C)Oc2ccccc2[C@H]2O[C@@H](Cc3c(Cl)cccc3Cl)[C@@H](C(=O)O)C[C@@H]21. The number of aliphatic carboxylic acids is 1. The van der Waals surface area contributed by atoms with E-state index in [0.717, 1.165) is 16.9 Å². The van der Waals surface area contributed by atoms with Crippen LogP contribution < -0.4 is 4.74 Å². The lowest BCUT2D eigenvalue weighted by Crippen LogP contribution is -2.52. The Morgan fingerprint density at radius 2 is 1.82 bits per heavy atom. The first-order chi connectivity index (χ1) is 13.3. The monoisotopic (exact) mass is 420 g/mol. The molecule has 0 amide bonds. The van der Waals surface area contributed by atoms with E-state index >= 15 is 0 Å². The second-order valence-corrected chi connectivity index (χ2v) is 8.84. The van der Waals surface area contributed by atoms with Crippen molar-refractivity contribution in [3.63, 3.8) is 0 Å². The topological polar surface area (TPSA) is 55.8 Å². The van der Waals surface area contributed by atoms with E-state index in [4.69, 9.17) is 32.7 Å². The first-order valence-electron chi connectivity index (χ1n) is 9.37. The van der Waals surface area contributed by atoms with Crippen LogP contribution in [0.1, 0.15) is 37.5 Å². The second kappa shape index (κ2) is 7.25. The van der Waals surface area contributed by atoms with Gasteiger partial charge in [-0.15, -0.1) is 0 Å². The Labute approximate surface area is 174 Å². The fourth-order valence-corrected chi connectivity index (χ4v) is 4.96. The molecule has 2 aromatic rings. The quantitative estimate of drug-likeness (QED) is 0.706. The molecule has 2 heterocycles. The third-order valence-electron chi connectivity index (χ3n) is 5.92. The smallest absolute Gasteiger partial charge is 0.309 e. The summed E-state index contributed by atoms with van der Waals surface area (Å²) in [6, 6.07) is 13.1. The number of rotatable bonds is 3. The Morgan fingerprint density at radius 1 is 1.14 bits per heavy atom. The number of carboxylic acids is 1. The molecule has 1 N–H and O–H groups in total. The maximum Gasteiger partial charge on any atom is 0.309 e. The van der Waals surface area contributed by atoms with Gasteiger partial charge in [0, 0.05) is 27.9 Å². The zero-order valence-corrected chi connectivity index (χ0v) is 17.2. The standard InChI is InChI=1S/C22H22Cl2O4/c1-22(2)15-10-14(21(25)26)19(11-13-16(23)7-5-8-17(13)24)27-20(15)12-6-3-4-9-18(12)28-22/h3-9,14-15,19-20H,10-11H2,1-2H3,(H,25,26)/t14-,15-,19-,20+/m0/s1. The Morgan fingerprint density at radius 3 is 2.50 bits per heavy atom. The van der Waals surface area contributed by atoms with Gasteiger partial charge in [0.2, 0.25) is 0 Å². The molecular formula is C22H22Cl2O4. The summed E-state index contributed by atoms with van der Waals surface area (Å²) in [5, 5.41) is 10.9. The van der Waals surface area contributed by atoms with Gasteiger partial charge in [-0.3, -0.25) is 4.79 Å². The number of halogens is 2. The number of hydrogen-bond acceptors (Lipinski definition) is 3. The van der Waals surface area contributed by atoms with Crippen molar-refractivity contribution in [2.75, 3.05) is 0 Å². The van der Waals surface area contributed by atoms with Gasteiger partial charge in [-0.25, -0.2) is 0 Å². The maximum atomic E-state index is 12.1. The van der Waals surface area contributed by atoms with Crippen molar-refractivity contribution in [2.24, 2.45) is 11.8 Å². The Balaban J connectivity index is 1.72. The molecule has 28 heavy (non-hydrogen) atoms. The third-order valence-corrected chi connectivity index (χ3v) is 6.63. The molecular weight excluding hydrogens is 399 g/mol. The van der Waals surface area contributed by atoms with E-state index in [2.05, 4.69) is 0 Å². The molecule has 2 aliphatic rings. The lowest BCUT2D eigenvalue weighted by atomic mass is 9.71. The molecule has 1 saturated heterocycles. The van der Waals surface area contributed by atoms with Crippen LogP contribution in [0.2, 0.25) is 10.0 Å². The van der Waals surface area contributed by atoms with Crippen molar-refractivity contribution >= 4 is 29.2 Å². The fourth-order valence-electron chi connectivity index (χ4n) is 4.41. The van der Waals surface area contributed by atoms with Crippen LogP contribution in [0, 0.1) is 11.8 Å². The van der Waals surface area contributed by atoms with Crippen LogP contribution >= 0.6 is 23.2 Å². The molecule has 0 saturated carbocycles. The maximum absolute atomic E-state index is 12.1. The summed E-state index contributed by atoms with van der Waals surface area (Å²) in [5.41, 5.74) is 1.16. The molecule has 0 aromatic heterocycles. The summed E-state index contributed by atoms with van der Waals surface area (Å²) in [6.45, 7) is 3.99.